The molecule has 1 amide bonds. The van der Waals surface area contributed by atoms with Crippen LogP contribution >= 0.6 is 11.3 Å². The monoisotopic (exact) mass is 363 g/mol. The van der Waals surface area contributed by atoms with Crippen molar-refractivity contribution in [3.05, 3.63) is 23.0 Å². The molecule has 6 nitrogen and oxygen atoms in total. The molecular weight excluding hydrogens is 346 g/mol. The molecule has 126 valence electrons. The summed E-state index contributed by atoms with van der Waals surface area (Å²) in [5.74, 6) is 2.40. The van der Waals surface area contributed by atoms with E-state index in [-0.39, 0.29) is 23.3 Å². The van der Waals surface area contributed by atoms with E-state index in [4.69, 9.17) is 11.6 Å². The van der Waals surface area contributed by atoms with Gasteiger partial charge in [-0.25, -0.2) is 13.6 Å². The summed E-state index contributed by atoms with van der Waals surface area (Å²) in [6, 6.07) is 4.56. The van der Waals surface area contributed by atoms with E-state index in [1.807, 2.05) is 0 Å². The lowest BCUT2D eigenvalue weighted by molar-refractivity contribution is -0.121. The number of carbonyl (C=O) groups is 1. The molecule has 1 fully saturated rings. The van der Waals surface area contributed by atoms with Crippen molar-refractivity contribution in [1.82, 2.24) is 4.57 Å². The number of primary sulfonamides is 1. The Bertz CT molecular complexity index is 1000. The zero-order chi connectivity index (χ0) is 17.3. The number of nitrogens with two attached hydrogens (primary N) is 1. The van der Waals surface area contributed by atoms with Crippen LogP contribution in [-0.4, -0.2) is 18.9 Å². The summed E-state index contributed by atoms with van der Waals surface area (Å²) in [6.45, 7) is 0.255. The number of aromatic nitrogens is 1. The number of terminal acetylenes is 1. The highest BCUT2D eigenvalue weighted by Crippen LogP contribution is 2.26. The molecule has 1 aliphatic rings. The first-order chi connectivity index (χ1) is 11.4. The molecule has 3 rings (SSSR count). The number of fused-ring (bicyclic) bond motifs is 1. The Hall–Kier alpha value is -1.95. The van der Waals surface area contributed by atoms with Crippen molar-refractivity contribution in [2.75, 3.05) is 0 Å². The van der Waals surface area contributed by atoms with Gasteiger partial charge >= 0.3 is 0 Å². The first kappa shape index (κ1) is 16.9. The van der Waals surface area contributed by atoms with Crippen molar-refractivity contribution in [3.8, 4) is 12.3 Å². The van der Waals surface area contributed by atoms with Gasteiger partial charge in [0, 0.05) is 5.92 Å². The van der Waals surface area contributed by atoms with Crippen LogP contribution in [0.2, 0.25) is 0 Å². The Morgan fingerprint density at radius 1 is 1.42 bits per heavy atom. The standard InChI is InChI=1S/C16H17N3O3S2/c1-2-9-19-13-8-7-12(24(17,21)22)10-14(13)23-16(19)18-15(20)11-5-3-4-6-11/h1,7-8,10-11H,3-6,9H2,(H2,17,21,22). The SMILES string of the molecule is C#CCn1c(=NC(=O)C2CCCC2)sc2cc(S(N)(=O)=O)ccc21. The van der Waals surface area contributed by atoms with E-state index < -0.39 is 10.0 Å². The third-order valence-electron chi connectivity index (χ3n) is 4.14. The van der Waals surface area contributed by atoms with E-state index in [0.29, 0.717) is 9.50 Å². The molecule has 1 aromatic carbocycles. The number of carbonyl (C=O) groups excluding carboxylic acids is 1. The summed E-state index contributed by atoms with van der Waals surface area (Å²) in [5.41, 5.74) is 0.739. The fourth-order valence-corrected chi connectivity index (χ4v) is 4.61. The lowest BCUT2D eigenvalue weighted by atomic mass is 10.1. The zero-order valence-corrected chi connectivity index (χ0v) is 14.6. The van der Waals surface area contributed by atoms with Gasteiger partial charge in [0.05, 0.1) is 21.7 Å². The van der Waals surface area contributed by atoms with Gasteiger partial charge < -0.3 is 4.57 Å². The molecule has 0 atom stereocenters. The molecule has 1 heterocycles. The molecule has 8 heteroatoms. The Balaban J connectivity index is 2.14. The fourth-order valence-electron chi connectivity index (χ4n) is 2.92. The maximum atomic E-state index is 12.3. The fraction of sp³-hybridized carbons (Fsp3) is 0.375. The summed E-state index contributed by atoms with van der Waals surface area (Å²) < 4.78 is 25.4. The van der Waals surface area contributed by atoms with Gasteiger partial charge in [-0.1, -0.05) is 30.1 Å². The van der Waals surface area contributed by atoms with Gasteiger partial charge in [-0.15, -0.1) is 6.42 Å². The molecule has 1 aromatic heterocycles. The first-order valence-electron chi connectivity index (χ1n) is 7.58. The lowest BCUT2D eigenvalue weighted by Crippen LogP contribution is -2.19. The van der Waals surface area contributed by atoms with Gasteiger partial charge in [0.15, 0.2) is 4.80 Å². The van der Waals surface area contributed by atoms with E-state index in [0.717, 1.165) is 31.2 Å². The molecule has 24 heavy (non-hydrogen) atoms. The normalized spacial score (nSPS) is 16.6. The van der Waals surface area contributed by atoms with Crippen molar-refractivity contribution in [2.45, 2.75) is 37.1 Å². The van der Waals surface area contributed by atoms with E-state index >= 15 is 0 Å². The second kappa shape index (κ2) is 6.51. The van der Waals surface area contributed by atoms with Crippen molar-refractivity contribution < 1.29 is 13.2 Å². The van der Waals surface area contributed by atoms with Crippen molar-refractivity contribution >= 4 is 37.5 Å². The molecule has 0 spiro atoms. The largest absolute Gasteiger partial charge is 0.305 e. The molecule has 0 saturated heterocycles. The number of hydrogen-bond acceptors (Lipinski definition) is 4. The molecule has 1 saturated carbocycles. The van der Waals surface area contributed by atoms with Gasteiger partial charge in [-0.05, 0) is 31.0 Å². The van der Waals surface area contributed by atoms with Crippen LogP contribution in [-0.2, 0) is 21.4 Å². The number of hydrogen-bond donors (Lipinski definition) is 1. The number of rotatable bonds is 3. The van der Waals surface area contributed by atoms with Crippen LogP contribution in [0.5, 0.6) is 0 Å². The van der Waals surface area contributed by atoms with Crippen LogP contribution in [0.25, 0.3) is 10.2 Å². The van der Waals surface area contributed by atoms with Crippen LogP contribution in [0, 0.1) is 18.3 Å². The highest BCUT2D eigenvalue weighted by Gasteiger charge is 2.22. The van der Waals surface area contributed by atoms with Crippen LogP contribution in [0.3, 0.4) is 0 Å². The molecule has 2 N–H and O–H groups in total. The average molecular weight is 363 g/mol. The van der Waals surface area contributed by atoms with E-state index in [1.54, 1.807) is 10.6 Å². The van der Waals surface area contributed by atoms with E-state index in [2.05, 4.69) is 10.9 Å². The summed E-state index contributed by atoms with van der Waals surface area (Å²) in [4.78, 5) is 17.1. The van der Waals surface area contributed by atoms with E-state index in [9.17, 15) is 13.2 Å². The molecule has 0 unspecified atom stereocenters. The lowest BCUT2D eigenvalue weighted by Gasteiger charge is -2.03. The maximum absolute atomic E-state index is 12.3. The second-order valence-corrected chi connectivity index (χ2v) is 8.35. The van der Waals surface area contributed by atoms with E-state index in [1.165, 1.54) is 23.5 Å². The minimum Gasteiger partial charge on any atom is -0.305 e. The number of sulfonamides is 1. The number of thiazole rings is 1. The molecule has 0 radical (unpaired) electrons. The highest BCUT2D eigenvalue weighted by atomic mass is 32.2. The zero-order valence-electron chi connectivity index (χ0n) is 12.9. The third-order valence-corrected chi connectivity index (χ3v) is 6.09. The number of nitrogens with zero attached hydrogens (tertiary/aromatic N) is 2. The number of benzene rings is 1. The van der Waals surface area contributed by atoms with Crippen molar-refractivity contribution in [2.24, 2.45) is 16.0 Å². The number of amides is 1. The topological polar surface area (TPSA) is 94.5 Å². The molecule has 0 bridgehead atoms. The Morgan fingerprint density at radius 2 is 2.12 bits per heavy atom. The Kier molecular flexibility index (Phi) is 4.58. The summed E-state index contributed by atoms with van der Waals surface area (Å²) in [5, 5.41) is 5.17. The van der Waals surface area contributed by atoms with Crippen LogP contribution in [0.1, 0.15) is 25.7 Å². The van der Waals surface area contributed by atoms with Crippen molar-refractivity contribution in [1.29, 1.82) is 0 Å². The Labute approximate surface area is 144 Å². The van der Waals surface area contributed by atoms with Gasteiger partial charge in [-0.3, -0.25) is 4.79 Å². The highest BCUT2D eigenvalue weighted by molar-refractivity contribution is 7.89. The molecule has 2 aromatic rings. The smallest absolute Gasteiger partial charge is 0.251 e. The summed E-state index contributed by atoms with van der Waals surface area (Å²) in [6.07, 6.45) is 9.28. The van der Waals surface area contributed by atoms with Crippen LogP contribution in [0.4, 0.5) is 0 Å². The summed E-state index contributed by atoms with van der Waals surface area (Å²) >= 11 is 1.24. The van der Waals surface area contributed by atoms with Gasteiger partial charge in [0.1, 0.15) is 0 Å². The average Bonchev–Trinajstić information content (AvgIpc) is 3.15. The van der Waals surface area contributed by atoms with Crippen LogP contribution in [0.15, 0.2) is 28.1 Å². The van der Waals surface area contributed by atoms with Gasteiger partial charge in [-0.2, -0.15) is 4.99 Å². The molecular formula is C16H17N3O3S2. The third kappa shape index (κ3) is 3.29. The quantitative estimate of drug-likeness (QED) is 0.839. The van der Waals surface area contributed by atoms with Crippen molar-refractivity contribution in [3.63, 3.8) is 0 Å². The van der Waals surface area contributed by atoms with Crippen LogP contribution < -0.4 is 9.94 Å². The van der Waals surface area contributed by atoms with Gasteiger partial charge in [0.2, 0.25) is 10.0 Å². The minimum atomic E-state index is -3.79. The maximum Gasteiger partial charge on any atom is 0.251 e. The second-order valence-electron chi connectivity index (χ2n) is 5.78. The Morgan fingerprint density at radius 3 is 2.75 bits per heavy atom. The predicted molar refractivity (Wildman–Crippen MR) is 92.5 cm³/mol. The minimum absolute atomic E-state index is 0.0190. The molecule has 0 aliphatic heterocycles. The molecule has 1 aliphatic carbocycles. The summed E-state index contributed by atoms with van der Waals surface area (Å²) in [7, 11) is -3.79. The first-order valence-corrected chi connectivity index (χ1v) is 9.94. The van der Waals surface area contributed by atoms with Gasteiger partial charge in [0.25, 0.3) is 5.91 Å². The predicted octanol–water partition coefficient (Wildman–Crippen LogP) is 1.60.